The second-order valence-electron chi connectivity index (χ2n) is 3.78. The van der Waals surface area contributed by atoms with Crippen molar-refractivity contribution in [2.24, 2.45) is 0 Å². The Labute approximate surface area is 105 Å². The molecule has 0 heterocycles. The molecule has 1 atom stereocenters. The van der Waals surface area contributed by atoms with Gasteiger partial charge in [0.2, 0.25) is 0 Å². The van der Waals surface area contributed by atoms with Crippen molar-refractivity contribution < 1.29 is 9.84 Å². The lowest BCUT2D eigenvalue weighted by Gasteiger charge is -2.10. The molecule has 0 aliphatic heterocycles. The summed E-state index contributed by atoms with van der Waals surface area (Å²) in [6, 6.07) is 14.7. The summed E-state index contributed by atoms with van der Waals surface area (Å²) in [6.45, 7) is 1.70. The summed E-state index contributed by atoms with van der Waals surface area (Å²) < 4.78 is 5.63. The summed E-state index contributed by atoms with van der Waals surface area (Å²) >= 11 is 6.09. The minimum Gasteiger partial charge on any atom is -0.456 e. The Balaban J connectivity index is 2.23. The van der Waals surface area contributed by atoms with E-state index in [0.29, 0.717) is 10.8 Å². The highest BCUT2D eigenvalue weighted by atomic mass is 35.5. The van der Waals surface area contributed by atoms with Gasteiger partial charge >= 0.3 is 0 Å². The van der Waals surface area contributed by atoms with Crippen LogP contribution in [-0.2, 0) is 0 Å². The van der Waals surface area contributed by atoms with Crippen LogP contribution in [0, 0.1) is 0 Å². The Bertz CT molecular complexity index is 495. The highest BCUT2D eigenvalue weighted by Gasteiger charge is 2.07. The maximum absolute atomic E-state index is 9.43. The lowest BCUT2D eigenvalue weighted by Crippen LogP contribution is -1.92. The van der Waals surface area contributed by atoms with Crippen LogP contribution in [0.1, 0.15) is 18.6 Å². The summed E-state index contributed by atoms with van der Waals surface area (Å²) in [7, 11) is 0. The van der Waals surface area contributed by atoms with Crippen LogP contribution in [0.5, 0.6) is 11.5 Å². The smallest absolute Gasteiger partial charge is 0.146 e. The van der Waals surface area contributed by atoms with Crippen LogP contribution in [0.4, 0.5) is 0 Å². The molecule has 0 fully saturated rings. The van der Waals surface area contributed by atoms with Gasteiger partial charge < -0.3 is 9.84 Å². The Morgan fingerprint density at radius 1 is 1.12 bits per heavy atom. The fraction of sp³-hybridized carbons (Fsp3) is 0.143. The molecule has 0 saturated heterocycles. The lowest BCUT2D eigenvalue weighted by molar-refractivity contribution is 0.199. The molecule has 1 N–H and O–H groups in total. The van der Waals surface area contributed by atoms with Crippen molar-refractivity contribution in [1.82, 2.24) is 0 Å². The monoisotopic (exact) mass is 248 g/mol. The number of rotatable bonds is 3. The molecule has 2 nitrogen and oxygen atoms in total. The molecule has 2 aromatic rings. The van der Waals surface area contributed by atoms with Crippen LogP contribution in [0.25, 0.3) is 0 Å². The summed E-state index contributed by atoms with van der Waals surface area (Å²) in [5.41, 5.74) is 0.774. The van der Waals surface area contributed by atoms with Crippen molar-refractivity contribution in [3.05, 3.63) is 59.1 Å². The van der Waals surface area contributed by atoms with Crippen LogP contribution in [-0.4, -0.2) is 5.11 Å². The van der Waals surface area contributed by atoms with E-state index in [2.05, 4.69) is 0 Å². The normalized spacial score (nSPS) is 12.2. The first-order chi connectivity index (χ1) is 8.16. The third kappa shape index (κ3) is 2.99. The SMILES string of the molecule is CC(O)c1ccc(Oc2ccccc2)c(Cl)c1. The molecule has 0 aliphatic rings. The zero-order valence-corrected chi connectivity index (χ0v) is 10.2. The van der Waals surface area contributed by atoms with Gasteiger partial charge in [-0.2, -0.15) is 0 Å². The van der Waals surface area contributed by atoms with E-state index in [9.17, 15) is 5.11 Å². The van der Waals surface area contributed by atoms with Gasteiger partial charge in [-0.05, 0) is 36.8 Å². The van der Waals surface area contributed by atoms with E-state index in [1.807, 2.05) is 30.3 Å². The number of ether oxygens (including phenoxy) is 1. The van der Waals surface area contributed by atoms with Gasteiger partial charge in [0.1, 0.15) is 11.5 Å². The van der Waals surface area contributed by atoms with Crippen molar-refractivity contribution in [2.75, 3.05) is 0 Å². The lowest BCUT2D eigenvalue weighted by atomic mass is 10.1. The minimum atomic E-state index is -0.529. The number of benzene rings is 2. The van der Waals surface area contributed by atoms with Gasteiger partial charge in [0.25, 0.3) is 0 Å². The van der Waals surface area contributed by atoms with Gasteiger partial charge in [-0.25, -0.2) is 0 Å². The minimum absolute atomic E-state index is 0.493. The summed E-state index contributed by atoms with van der Waals surface area (Å²) in [4.78, 5) is 0. The third-order valence-corrected chi connectivity index (χ3v) is 2.70. The number of hydrogen-bond donors (Lipinski definition) is 1. The molecule has 2 aromatic carbocycles. The predicted molar refractivity (Wildman–Crippen MR) is 68.6 cm³/mol. The summed E-state index contributed by atoms with van der Waals surface area (Å²) in [6.07, 6.45) is -0.529. The number of aliphatic hydroxyl groups excluding tert-OH is 1. The van der Waals surface area contributed by atoms with Gasteiger partial charge in [0.15, 0.2) is 0 Å². The molecule has 3 heteroatoms. The Hall–Kier alpha value is -1.51. The van der Waals surface area contributed by atoms with Crippen LogP contribution in [0.3, 0.4) is 0 Å². The molecule has 0 bridgehead atoms. The van der Waals surface area contributed by atoms with Crippen molar-refractivity contribution in [3.63, 3.8) is 0 Å². The van der Waals surface area contributed by atoms with E-state index in [1.165, 1.54) is 0 Å². The van der Waals surface area contributed by atoms with E-state index in [0.717, 1.165) is 11.3 Å². The molecule has 88 valence electrons. The molecule has 17 heavy (non-hydrogen) atoms. The van der Waals surface area contributed by atoms with Crippen molar-refractivity contribution >= 4 is 11.6 Å². The molecular weight excluding hydrogens is 236 g/mol. The van der Waals surface area contributed by atoms with Crippen LogP contribution in [0.15, 0.2) is 48.5 Å². The maximum Gasteiger partial charge on any atom is 0.146 e. The first kappa shape index (κ1) is 12.0. The quantitative estimate of drug-likeness (QED) is 0.883. The predicted octanol–water partition coefficient (Wildman–Crippen LogP) is 4.19. The first-order valence-electron chi connectivity index (χ1n) is 5.37. The van der Waals surface area contributed by atoms with E-state index < -0.39 is 6.10 Å². The molecule has 0 amide bonds. The standard InChI is InChI=1S/C14H13ClO2/c1-10(16)11-7-8-14(13(15)9-11)17-12-5-3-2-4-6-12/h2-10,16H,1H3. The first-order valence-corrected chi connectivity index (χ1v) is 5.75. The van der Waals surface area contributed by atoms with E-state index >= 15 is 0 Å². The Morgan fingerprint density at radius 3 is 2.41 bits per heavy atom. The molecule has 0 aliphatic carbocycles. The Morgan fingerprint density at radius 2 is 1.82 bits per heavy atom. The molecular formula is C14H13ClO2. The Kier molecular flexibility index (Phi) is 3.67. The van der Waals surface area contributed by atoms with Crippen molar-refractivity contribution in [3.8, 4) is 11.5 Å². The van der Waals surface area contributed by atoms with Gasteiger partial charge in [-0.3, -0.25) is 0 Å². The van der Waals surface area contributed by atoms with E-state index in [4.69, 9.17) is 16.3 Å². The van der Waals surface area contributed by atoms with Gasteiger partial charge in [0.05, 0.1) is 11.1 Å². The number of para-hydroxylation sites is 1. The second-order valence-corrected chi connectivity index (χ2v) is 4.19. The zero-order valence-electron chi connectivity index (χ0n) is 9.43. The third-order valence-electron chi connectivity index (χ3n) is 2.41. The number of halogens is 1. The van der Waals surface area contributed by atoms with Gasteiger partial charge in [0, 0.05) is 0 Å². The van der Waals surface area contributed by atoms with Gasteiger partial charge in [-0.15, -0.1) is 0 Å². The zero-order chi connectivity index (χ0) is 12.3. The van der Waals surface area contributed by atoms with Crippen molar-refractivity contribution in [2.45, 2.75) is 13.0 Å². The maximum atomic E-state index is 9.43. The highest BCUT2D eigenvalue weighted by molar-refractivity contribution is 6.32. The van der Waals surface area contributed by atoms with Crippen molar-refractivity contribution in [1.29, 1.82) is 0 Å². The molecule has 0 radical (unpaired) electrons. The average molecular weight is 249 g/mol. The highest BCUT2D eigenvalue weighted by Crippen LogP contribution is 2.31. The van der Waals surface area contributed by atoms with Crippen LogP contribution < -0.4 is 4.74 Å². The molecule has 1 unspecified atom stereocenters. The summed E-state index contributed by atoms with van der Waals surface area (Å²) in [5, 5.41) is 9.92. The van der Waals surface area contributed by atoms with E-state index in [-0.39, 0.29) is 0 Å². The molecule has 0 spiro atoms. The molecule has 2 rings (SSSR count). The number of hydrogen-bond acceptors (Lipinski definition) is 2. The molecule has 0 saturated carbocycles. The van der Waals surface area contributed by atoms with Crippen LogP contribution >= 0.6 is 11.6 Å². The average Bonchev–Trinajstić information content (AvgIpc) is 2.33. The second kappa shape index (κ2) is 5.21. The number of aliphatic hydroxyl groups is 1. The van der Waals surface area contributed by atoms with E-state index in [1.54, 1.807) is 25.1 Å². The molecule has 0 aromatic heterocycles. The topological polar surface area (TPSA) is 29.5 Å². The fourth-order valence-corrected chi connectivity index (χ4v) is 1.70. The summed E-state index contributed by atoms with van der Waals surface area (Å²) in [5.74, 6) is 1.32. The van der Waals surface area contributed by atoms with Gasteiger partial charge in [-0.1, -0.05) is 35.9 Å². The fourth-order valence-electron chi connectivity index (χ4n) is 1.48. The van der Waals surface area contributed by atoms with Crippen LogP contribution in [0.2, 0.25) is 5.02 Å². The largest absolute Gasteiger partial charge is 0.456 e.